The molecule has 0 heterocycles. The zero-order chi connectivity index (χ0) is 15.4. The second-order valence-electron chi connectivity index (χ2n) is 4.03. The van der Waals surface area contributed by atoms with Crippen LogP contribution in [0.4, 0.5) is 4.39 Å². The minimum Gasteiger partial charge on any atom is -0.478 e. The zero-order valence-electron chi connectivity index (χ0n) is 10.5. The third-order valence-corrected chi connectivity index (χ3v) is 3.48. The number of halogens is 3. The van der Waals surface area contributed by atoms with E-state index in [-0.39, 0.29) is 0 Å². The number of carboxylic acids is 1. The Morgan fingerprint density at radius 1 is 1.29 bits per heavy atom. The predicted octanol–water partition coefficient (Wildman–Crippen LogP) is 5.13. The summed E-state index contributed by atoms with van der Waals surface area (Å²) in [5.74, 6) is -0.742. The van der Waals surface area contributed by atoms with Crippen molar-refractivity contribution in [3.63, 3.8) is 0 Å². The lowest BCUT2D eigenvalue weighted by molar-refractivity contribution is -0.131. The van der Waals surface area contributed by atoms with Gasteiger partial charge in [0, 0.05) is 12.1 Å². The molecule has 0 radical (unpaired) electrons. The molecule has 0 bridgehead atoms. The Hall–Kier alpha value is -1.85. The van der Waals surface area contributed by atoms with E-state index in [2.05, 4.69) is 15.9 Å². The standard InChI is InChI=1S/C15H9BrClFO3/c16-12-5-3-10(18)7-14(12)21-11-4-1-9(13(17)8-11)2-6-15(19)20/h1-8H,(H,19,20)/b6-2+. The highest BCUT2D eigenvalue weighted by Gasteiger charge is 2.06. The summed E-state index contributed by atoms with van der Waals surface area (Å²) in [6.45, 7) is 0. The number of benzene rings is 2. The summed E-state index contributed by atoms with van der Waals surface area (Å²) in [7, 11) is 0. The van der Waals surface area contributed by atoms with Crippen molar-refractivity contribution in [1.29, 1.82) is 0 Å². The van der Waals surface area contributed by atoms with Crippen LogP contribution < -0.4 is 4.74 Å². The number of carbonyl (C=O) groups is 1. The molecule has 0 aromatic heterocycles. The summed E-state index contributed by atoms with van der Waals surface area (Å²) in [4.78, 5) is 10.5. The molecular formula is C15H9BrClFO3. The topological polar surface area (TPSA) is 46.5 Å². The van der Waals surface area contributed by atoms with Crippen molar-refractivity contribution < 1.29 is 19.0 Å². The molecule has 0 aliphatic carbocycles. The van der Waals surface area contributed by atoms with Gasteiger partial charge in [0.2, 0.25) is 0 Å². The fraction of sp³-hybridized carbons (Fsp3) is 0. The average molecular weight is 372 g/mol. The van der Waals surface area contributed by atoms with E-state index >= 15 is 0 Å². The molecule has 2 aromatic rings. The number of carboxylic acid groups (broad SMARTS) is 1. The molecule has 0 saturated carbocycles. The van der Waals surface area contributed by atoms with Gasteiger partial charge in [0.15, 0.2) is 0 Å². The van der Waals surface area contributed by atoms with Crippen molar-refractivity contribution in [3.8, 4) is 11.5 Å². The lowest BCUT2D eigenvalue weighted by Gasteiger charge is -2.09. The number of rotatable bonds is 4. The van der Waals surface area contributed by atoms with E-state index in [1.165, 1.54) is 30.3 Å². The van der Waals surface area contributed by atoms with Crippen LogP contribution in [0.2, 0.25) is 5.02 Å². The molecule has 3 nitrogen and oxygen atoms in total. The minimum absolute atomic E-state index is 0.319. The summed E-state index contributed by atoms with van der Waals surface area (Å²) in [5.41, 5.74) is 0.546. The normalized spacial score (nSPS) is 10.8. The second-order valence-corrected chi connectivity index (χ2v) is 5.29. The van der Waals surface area contributed by atoms with Gasteiger partial charge >= 0.3 is 5.97 Å². The summed E-state index contributed by atoms with van der Waals surface area (Å²) in [6, 6.07) is 8.85. The van der Waals surface area contributed by atoms with Crippen LogP contribution in [0, 0.1) is 5.82 Å². The average Bonchev–Trinajstić information content (AvgIpc) is 2.42. The maximum absolute atomic E-state index is 13.2. The second kappa shape index (κ2) is 6.74. The quantitative estimate of drug-likeness (QED) is 0.758. The number of ether oxygens (including phenoxy) is 1. The molecule has 2 aromatic carbocycles. The lowest BCUT2D eigenvalue weighted by atomic mass is 10.2. The molecule has 0 amide bonds. The van der Waals surface area contributed by atoms with Gasteiger partial charge in [-0.25, -0.2) is 9.18 Å². The van der Waals surface area contributed by atoms with E-state index < -0.39 is 11.8 Å². The molecule has 0 aliphatic heterocycles. The monoisotopic (exact) mass is 370 g/mol. The van der Waals surface area contributed by atoms with Crippen LogP contribution in [0.25, 0.3) is 6.08 Å². The summed E-state index contributed by atoms with van der Waals surface area (Å²) >= 11 is 9.30. The third kappa shape index (κ3) is 4.31. The van der Waals surface area contributed by atoms with Crippen molar-refractivity contribution in [2.24, 2.45) is 0 Å². The van der Waals surface area contributed by atoms with Crippen molar-refractivity contribution in [1.82, 2.24) is 0 Å². The maximum Gasteiger partial charge on any atom is 0.328 e. The smallest absolute Gasteiger partial charge is 0.328 e. The van der Waals surface area contributed by atoms with Gasteiger partial charge in [-0.3, -0.25) is 0 Å². The van der Waals surface area contributed by atoms with Gasteiger partial charge in [0.05, 0.1) is 9.50 Å². The van der Waals surface area contributed by atoms with E-state index in [0.29, 0.717) is 26.6 Å². The van der Waals surface area contributed by atoms with Crippen LogP contribution in [-0.4, -0.2) is 11.1 Å². The third-order valence-electron chi connectivity index (χ3n) is 2.50. The van der Waals surface area contributed by atoms with Gasteiger partial charge in [-0.15, -0.1) is 0 Å². The Labute approximate surface area is 133 Å². The van der Waals surface area contributed by atoms with Crippen molar-refractivity contribution in [3.05, 3.63) is 63.4 Å². The van der Waals surface area contributed by atoms with Crippen molar-refractivity contribution >= 4 is 39.6 Å². The number of hydrogen-bond donors (Lipinski definition) is 1. The highest BCUT2D eigenvalue weighted by Crippen LogP contribution is 2.32. The van der Waals surface area contributed by atoms with E-state index in [4.69, 9.17) is 21.4 Å². The largest absolute Gasteiger partial charge is 0.478 e. The highest BCUT2D eigenvalue weighted by atomic mass is 79.9. The van der Waals surface area contributed by atoms with Gasteiger partial charge < -0.3 is 9.84 Å². The van der Waals surface area contributed by atoms with Crippen molar-refractivity contribution in [2.75, 3.05) is 0 Å². The predicted molar refractivity (Wildman–Crippen MR) is 82.3 cm³/mol. The molecule has 0 fully saturated rings. The number of aliphatic carboxylic acids is 1. The van der Waals surface area contributed by atoms with E-state index in [1.807, 2.05) is 0 Å². The zero-order valence-corrected chi connectivity index (χ0v) is 12.9. The molecule has 0 unspecified atom stereocenters. The van der Waals surface area contributed by atoms with Crippen LogP contribution in [0.3, 0.4) is 0 Å². The number of hydrogen-bond acceptors (Lipinski definition) is 2. The first-order valence-corrected chi connectivity index (χ1v) is 6.96. The van der Waals surface area contributed by atoms with Gasteiger partial charge in [-0.05, 0) is 57.9 Å². The highest BCUT2D eigenvalue weighted by molar-refractivity contribution is 9.10. The molecular weight excluding hydrogens is 363 g/mol. The SMILES string of the molecule is O=C(O)/C=C/c1ccc(Oc2cc(F)ccc2Br)cc1Cl. The van der Waals surface area contributed by atoms with Gasteiger partial charge in [-0.2, -0.15) is 0 Å². The first-order valence-electron chi connectivity index (χ1n) is 5.79. The lowest BCUT2D eigenvalue weighted by Crippen LogP contribution is -1.89. The molecule has 2 rings (SSSR count). The Morgan fingerprint density at radius 2 is 2.05 bits per heavy atom. The molecule has 1 N–H and O–H groups in total. The first-order chi connectivity index (χ1) is 9.95. The van der Waals surface area contributed by atoms with Crippen LogP contribution >= 0.6 is 27.5 Å². The fourth-order valence-electron chi connectivity index (χ4n) is 1.55. The summed E-state index contributed by atoms with van der Waals surface area (Å²) < 4.78 is 19.3. The molecule has 108 valence electrons. The Kier molecular flexibility index (Phi) is 4.98. The summed E-state index contributed by atoms with van der Waals surface area (Å²) in [6.07, 6.45) is 2.37. The Bertz CT molecular complexity index is 716. The van der Waals surface area contributed by atoms with Crippen LogP contribution in [0.1, 0.15) is 5.56 Å². The summed E-state index contributed by atoms with van der Waals surface area (Å²) in [5, 5.41) is 8.91. The molecule has 0 saturated heterocycles. The molecule has 0 aliphatic rings. The van der Waals surface area contributed by atoms with Crippen LogP contribution in [0.5, 0.6) is 11.5 Å². The van der Waals surface area contributed by atoms with E-state index in [9.17, 15) is 9.18 Å². The molecule has 0 atom stereocenters. The first kappa shape index (κ1) is 15.5. The van der Waals surface area contributed by atoms with E-state index in [1.54, 1.807) is 12.1 Å². The van der Waals surface area contributed by atoms with Crippen molar-refractivity contribution in [2.45, 2.75) is 0 Å². The van der Waals surface area contributed by atoms with Gasteiger partial charge in [-0.1, -0.05) is 11.6 Å². The minimum atomic E-state index is -1.06. The molecule has 6 heteroatoms. The molecule has 21 heavy (non-hydrogen) atoms. The molecule has 0 spiro atoms. The Morgan fingerprint density at radius 3 is 2.71 bits per heavy atom. The van der Waals surface area contributed by atoms with Crippen LogP contribution in [-0.2, 0) is 4.79 Å². The van der Waals surface area contributed by atoms with Gasteiger partial charge in [0.1, 0.15) is 17.3 Å². The Balaban J connectivity index is 2.24. The van der Waals surface area contributed by atoms with E-state index in [0.717, 1.165) is 6.08 Å². The maximum atomic E-state index is 13.2. The van der Waals surface area contributed by atoms with Gasteiger partial charge in [0.25, 0.3) is 0 Å². The van der Waals surface area contributed by atoms with Crippen LogP contribution in [0.15, 0.2) is 46.9 Å². The fourth-order valence-corrected chi connectivity index (χ4v) is 2.11.